The Balaban J connectivity index is 2.03. The number of rotatable bonds is 6. The molecule has 6 heteroatoms. The molecule has 0 spiro atoms. The SMILES string of the molecule is CNCc1ccc(-c2ccoc2)c(NS(=O)(=O)c2ccccc2)c1. The summed E-state index contributed by atoms with van der Waals surface area (Å²) in [6.45, 7) is 0.645. The lowest BCUT2D eigenvalue weighted by Crippen LogP contribution is -2.14. The quantitative estimate of drug-likeness (QED) is 0.719. The van der Waals surface area contributed by atoms with Crippen LogP contribution in [0.25, 0.3) is 11.1 Å². The van der Waals surface area contributed by atoms with Crippen LogP contribution in [-0.2, 0) is 16.6 Å². The minimum Gasteiger partial charge on any atom is -0.472 e. The molecule has 0 aliphatic carbocycles. The maximum Gasteiger partial charge on any atom is 0.261 e. The van der Waals surface area contributed by atoms with Crippen LogP contribution in [0.1, 0.15) is 5.56 Å². The average Bonchev–Trinajstić information content (AvgIpc) is 3.10. The molecular formula is C18H18N2O3S. The van der Waals surface area contributed by atoms with Gasteiger partial charge in [0.25, 0.3) is 10.0 Å². The van der Waals surface area contributed by atoms with Gasteiger partial charge in [0.2, 0.25) is 0 Å². The number of nitrogens with one attached hydrogen (secondary N) is 2. The molecular weight excluding hydrogens is 324 g/mol. The van der Waals surface area contributed by atoms with Crippen LogP contribution in [0, 0.1) is 0 Å². The van der Waals surface area contributed by atoms with Gasteiger partial charge in [0, 0.05) is 17.7 Å². The van der Waals surface area contributed by atoms with E-state index in [0.29, 0.717) is 12.2 Å². The summed E-state index contributed by atoms with van der Waals surface area (Å²) in [7, 11) is -1.81. The van der Waals surface area contributed by atoms with E-state index < -0.39 is 10.0 Å². The summed E-state index contributed by atoms with van der Waals surface area (Å²) in [5.74, 6) is 0. The fourth-order valence-electron chi connectivity index (χ4n) is 2.46. The van der Waals surface area contributed by atoms with E-state index in [-0.39, 0.29) is 4.90 Å². The van der Waals surface area contributed by atoms with Crippen molar-refractivity contribution in [2.45, 2.75) is 11.4 Å². The monoisotopic (exact) mass is 342 g/mol. The van der Waals surface area contributed by atoms with Gasteiger partial charge in [0.15, 0.2) is 0 Å². The zero-order valence-corrected chi connectivity index (χ0v) is 14.0. The Kier molecular flexibility index (Phi) is 4.69. The molecule has 1 aromatic heterocycles. The van der Waals surface area contributed by atoms with Gasteiger partial charge >= 0.3 is 0 Å². The van der Waals surface area contributed by atoms with Crippen molar-refractivity contribution in [1.29, 1.82) is 0 Å². The summed E-state index contributed by atoms with van der Waals surface area (Å²) in [6.07, 6.45) is 3.15. The molecule has 0 saturated carbocycles. The lowest BCUT2D eigenvalue weighted by atomic mass is 10.0. The third-order valence-electron chi connectivity index (χ3n) is 3.59. The van der Waals surface area contributed by atoms with Crippen LogP contribution in [-0.4, -0.2) is 15.5 Å². The number of benzene rings is 2. The Hall–Kier alpha value is -2.57. The fraction of sp³-hybridized carbons (Fsp3) is 0.111. The van der Waals surface area contributed by atoms with Gasteiger partial charge in [0.05, 0.1) is 23.1 Å². The molecule has 0 aliphatic heterocycles. The molecule has 0 fully saturated rings. The van der Waals surface area contributed by atoms with E-state index in [4.69, 9.17) is 4.42 Å². The topological polar surface area (TPSA) is 71.3 Å². The minimum absolute atomic E-state index is 0.224. The number of furan rings is 1. The fourth-order valence-corrected chi connectivity index (χ4v) is 3.55. The predicted molar refractivity (Wildman–Crippen MR) is 94.2 cm³/mol. The first-order valence-corrected chi connectivity index (χ1v) is 8.96. The van der Waals surface area contributed by atoms with Crippen molar-refractivity contribution in [3.8, 4) is 11.1 Å². The van der Waals surface area contributed by atoms with Crippen LogP contribution < -0.4 is 10.0 Å². The molecule has 2 N–H and O–H groups in total. The zero-order valence-electron chi connectivity index (χ0n) is 13.2. The van der Waals surface area contributed by atoms with Gasteiger partial charge in [-0.05, 0) is 36.9 Å². The lowest BCUT2D eigenvalue weighted by molar-refractivity contribution is 0.568. The van der Waals surface area contributed by atoms with E-state index in [1.54, 1.807) is 48.9 Å². The molecule has 0 bridgehead atoms. The van der Waals surface area contributed by atoms with Crippen molar-refractivity contribution < 1.29 is 12.8 Å². The van der Waals surface area contributed by atoms with Crippen LogP contribution in [0.15, 0.2) is 76.4 Å². The first-order valence-electron chi connectivity index (χ1n) is 7.48. The van der Waals surface area contributed by atoms with Crippen LogP contribution in [0.5, 0.6) is 0 Å². The third-order valence-corrected chi connectivity index (χ3v) is 4.98. The average molecular weight is 342 g/mol. The van der Waals surface area contributed by atoms with Crippen molar-refractivity contribution in [2.24, 2.45) is 0 Å². The molecule has 0 radical (unpaired) electrons. The van der Waals surface area contributed by atoms with Crippen molar-refractivity contribution in [3.63, 3.8) is 0 Å². The number of hydrogen-bond donors (Lipinski definition) is 2. The van der Waals surface area contributed by atoms with E-state index in [1.807, 2.05) is 25.2 Å². The highest BCUT2D eigenvalue weighted by molar-refractivity contribution is 7.92. The molecule has 0 amide bonds. The van der Waals surface area contributed by atoms with Gasteiger partial charge in [-0.15, -0.1) is 0 Å². The molecule has 5 nitrogen and oxygen atoms in total. The summed E-state index contributed by atoms with van der Waals surface area (Å²) >= 11 is 0. The Morgan fingerprint density at radius 3 is 2.50 bits per heavy atom. The van der Waals surface area contributed by atoms with E-state index >= 15 is 0 Å². The van der Waals surface area contributed by atoms with E-state index in [1.165, 1.54) is 0 Å². The largest absolute Gasteiger partial charge is 0.472 e. The van der Waals surface area contributed by atoms with Gasteiger partial charge in [-0.2, -0.15) is 0 Å². The number of sulfonamides is 1. The van der Waals surface area contributed by atoms with Crippen LogP contribution in [0.2, 0.25) is 0 Å². The molecule has 3 rings (SSSR count). The van der Waals surface area contributed by atoms with Crippen LogP contribution in [0.3, 0.4) is 0 Å². The van der Waals surface area contributed by atoms with Gasteiger partial charge in [-0.1, -0.05) is 30.3 Å². The highest BCUT2D eigenvalue weighted by atomic mass is 32.2. The summed E-state index contributed by atoms with van der Waals surface area (Å²) in [6, 6.07) is 15.8. The molecule has 0 saturated heterocycles. The van der Waals surface area contributed by atoms with Crippen molar-refractivity contribution in [2.75, 3.05) is 11.8 Å². The summed E-state index contributed by atoms with van der Waals surface area (Å²) < 4.78 is 33.1. The first kappa shape index (κ1) is 16.3. The summed E-state index contributed by atoms with van der Waals surface area (Å²) in [5, 5.41) is 3.06. The van der Waals surface area contributed by atoms with Gasteiger partial charge in [0.1, 0.15) is 0 Å². The Bertz CT molecular complexity index is 905. The lowest BCUT2D eigenvalue weighted by Gasteiger charge is -2.14. The van der Waals surface area contributed by atoms with Gasteiger partial charge in [-0.3, -0.25) is 4.72 Å². The molecule has 2 aromatic carbocycles. The number of anilines is 1. The summed E-state index contributed by atoms with van der Waals surface area (Å²) in [5.41, 5.74) is 3.09. The predicted octanol–water partition coefficient (Wildman–Crippen LogP) is 3.47. The second-order valence-corrected chi connectivity index (χ2v) is 7.02. The minimum atomic E-state index is -3.66. The smallest absolute Gasteiger partial charge is 0.261 e. The van der Waals surface area contributed by atoms with Crippen LogP contribution in [0.4, 0.5) is 5.69 Å². The van der Waals surface area contributed by atoms with E-state index in [9.17, 15) is 8.42 Å². The molecule has 0 unspecified atom stereocenters. The maximum atomic E-state index is 12.6. The molecule has 3 aromatic rings. The molecule has 24 heavy (non-hydrogen) atoms. The Morgan fingerprint density at radius 2 is 1.83 bits per heavy atom. The third kappa shape index (κ3) is 3.50. The first-order chi connectivity index (χ1) is 11.6. The molecule has 1 heterocycles. The van der Waals surface area contributed by atoms with Crippen molar-refractivity contribution in [3.05, 3.63) is 72.7 Å². The highest BCUT2D eigenvalue weighted by Crippen LogP contribution is 2.31. The Morgan fingerprint density at radius 1 is 1.04 bits per heavy atom. The second kappa shape index (κ2) is 6.90. The van der Waals surface area contributed by atoms with Crippen LogP contribution >= 0.6 is 0 Å². The van der Waals surface area contributed by atoms with Crippen molar-refractivity contribution in [1.82, 2.24) is 5.32 Å². The standard InChI is InChI=1S/C18H18N2O3S/c1-19-12-14-7-8-17(15-9-10-23-13-15)18(11-14)20-24(21,22)16-5-3-2-4-6-16/h2-11,13,19-20H,12H2,1H3. The molecule has 0 aliphatic rings. The molecule has 124 valence electrons. The van der Waals surface area contributed by atoms with E-state index in [2.05, 4.69) is 10.0 Å². The zero-order chi connectivity index (χ0) is 17.0. The van der Waals surface area contributed by atoms with Gasteiger partial charge < -0.3 is 9.73 Å². The van der Waals surface area contributed by atoms with Crippen molar-refractivity contribution >= 4 is 15.7 Å². The number of hydrogen-bond acceptors (Lipinski definition) is 4. The van der Waals surface area contributed by atoms with E-state index in [0.717, 1.165) is 16.7 Å². The Labute approximate surface area is 141 Å². The maximum absolute atomic E-state index is 12.6. The van der Waals surface area contributed by atoms with Gasteiger partial charge in [-0.25, -0.2) is 8.42 Å². The normalized spacial score (nSPS) is 11.4. The summed E-state index contributed by atoms with van der Waals surface area (Å²) in [4.78, 5) is 0.224. The highest BCUT2D eigenvalue weighted by Gasteiger charge is 2.17. The molecule has 0 atom stereocenters. The second-order valence-electron chi connectivity index (χ2n) is 5.34.